The number of nitrogens with zero attached hydrogens (tertiary/aromatic N) is 4. The standard InChI is InChI=1S/C8H5FN2.C8H7N3/c2*9-6-4-8-7(11-5-6)2-1-3-10-8/h1-5H;1-5H,9H2. The van der Waals surface area contributed by atoms with E-state index in [4.69, 9.17) is 5.73 Å². The fourth-order valence-corrected chi connectivity index (χ4v) is 1.90. The van der Waals surface area contributed by atoms with Gasteiger partial charge in [-0.3, -0.25) is 19.9 Å². The van der Waals surface area contributed by atoms with Crippen molar-refractivity contribution in [1.29, 1.82) is 0 Å². The molecule has 6 heteroatoms. The van der Waals surface area contributed by atoms with Crippen LogP contribution in [0.15, 0.2) is 61.2 Å². The van der Waals surface area contributed by atoms with E-state index in [1.54, 1.807) is 30.7 Å². The summed E-state index contributed by atoms with van der Waals surface area (Å²) in [6, 6.07) is 10.5. The smallest absolute Gasteiger partial charge is 0.143 e. The van der Waals surface area contributed by atoms with Crippen molar-refractivity contribution < 1.29 is 4.39 Å². The van der Waals surface area contributed by atoms with Gasteiger partial charge in [0, 0.05) is 18.5 Å². The minimum absolute atomic E-state index is 0.351. The number of pyridine rings is 4. The van der Waals surface area contributed by atoms with E-state index in [9.17, 15) is 4.39 Å². The molecule has 0 radical (unpaired) electrons. The second-order valence-corrected chi connectivity index (χ2v) is 4.51. The Morgan fingerprint density at radius 2 is 1.32 bits per heavy atom. The Hall–Kier alpha value is -3.15. The van der Waals surface area contributed by atoms with Crippen LogP contribution in [0.5, 0.6) is 0 Å². The summed E-state index contributed by atoms with van der Waals surface area (Å²) in [6.07, 6.45) is 6.15. The Morgan fingerprint density at radius 1 is 0.727 bits per heavy atom. The number of hydrogen-bond acceptors (Lipinski definition) is 5. The number of rotatable bonds is 0. The zero-order valence-corrected chi connectivity index (χ0v) is 11.5. The molecule has 22 heavy (non-hydrogen) atoms. The summed E-state index contributed by atoms with van der Waals surface area (Å²) in [4.78, 5) is 16.0. The van der Waals surface area contributed by atoms with Crippen molar-refractivity contribution in [1.82, 2.24) is 19.9 Å². The van der Waals surface area contributed by atoms with Crippen LogP contribution in [0.3, 0.4) is 0 Å². The molecule has 108 valence electrons. The Bertz CT molecular complexity index is 849. The fourth-order valence-electron chi connectivity index (χ4n) is 1.90. The molecule has 5 nitrogen and oxygen atoms in total. The third-order valence-corrected chi connectivity index (χ3v) is 2.89. The van der Waals surface area contributed by atoms with E-state index in [0.717, 1.165) is 11.0 Å². The molecule has 0 amide bonds. The maximum absolute atomic E-state index is 12.5. The van der Waals surface area contributed by atoms with Gasteiger partial charge in [-0.1, -0.05) is 0 Å². The van der Waals surface area contributed by atoms with Crippen LogP contribution in [-0.2, 0) is 0 Å². The summed E-state index contributed by atoms with van der Waals surface area (Å²) in [5.74, 6) is -0.351. The quantitative estimate of drug-likeness (QED) is 0.539. The van der Waals surface area contributed by atoms with Crippen LogP contribution in [0, 0.1) is 5.82 Å². The zero-order chi connectivity index (χ0) is 15.4. The lowest BCUT2D eigenvalue weighted by Gasteiger charge is -1.95. The van der Waals surface area contributed by atoms with Crippen LogP contribution < -0.4 is 5.73 Å². The molecule has 0 bridgehead atoms. The molecular formula is C16H12FN5. The molecule has 4 aromatic heterocycles. The number of hydrogen-bond donors (Lipinski definition) is 1. The highest BCUT2D eigenvalue weighted by Gasteiger charge is 1.95. The molecule has 4 aromatic rings. The third kappa shape index (κ3) is 3.12. The average Bonchev–Trinajstić information content (AvgIpc) is 2.55. The predicted molar refractivity (Wildman–Crippen MR) is 83.4 cm³/mol. The third-order valence-electron chi connectivity index (χ3n) is 2.89. The summed E-state index contributed by atoms with van der Waals surface area (Å²) in [6.45, 7) is 0. The molecule has 4 heterocycles. The normalized spacial score (nSPS) is 10.2. The van der Waals surface area contributed by atoms with Crippen LogP contribution >= 0.6 is 0 Å². The van der Waals surface area contributed by atoms with Crippen molar-refractivity contribution in [3.8, 4) is 0 Å². The molecule has 0 aromatic carbocycles. The van der Waals surface area contributed by atoms with E-state index < -0.39 is 0 Å². The first-order valence-electron chi connectivity index (χ1n) is 6.55. The maximum Gasteiger partial charge on any atom is 0.143 e. The van der Waals surface area contributed by atoms with Gasteiger partial charge in [0.2, 0.25) is 0 Å². The number of anilines is 1. The van der Waals surface area contributed by atoms with E-state index in [-0.39, 0.29) is 5.82 Å². The molecule has 0 saturated carbocycles. The molecule has 0 fully saturated rings. The number of aromatic nitrogens is 4. The van der Waals surface area contributed by atoms with Gasteiger partial charge in [-0.05, 0) is 30.3 Å². The first-order chi connectivity index (χ1) is 10.7. The Morgan fingerprint density at radius 3 is 2.00 bits per heavy atom. The molecule has 0 saturated heterocycles. The van der Waals surface area contributed by atoms with Gasteiger partial charge in [0.05, 0.1) is 40.1 Å². The van der Waals surface area contributed by atoms with E-state index in [0.29, 0.717) is 16.7 Å². The lowest BCUT2D eigenvalue weighted by Crippen LogP contribution is -1.87. The second-order valence-electron chi connectivity index (χ2n) is 4.51. The average molecular weight is 293 g/mol. The maximum atomic E-state index is 12.5. The van der Waals surface area contributed by atoms with Crippen molar-refractivity contribution in [2.45, 2.75) is 0 Å². The molecule has 2 N–H and O–H groups in total. The molecule has 4 rings (SSSR count). The Labute approximate surface area is 125 Å². The van der Waals surface area contributed by atoms with Gasteiger partial charge in [-0.25, -0.2) is 4.39 Å². The van der Waals surface area contributed by atoms with Crippen LogP contribution in [0.4, 0.5) is 10.1 Å². The summed E-state index contributed by atoms with van der Waals surface area (Å²) in [5, 5.41) is 0. The molecule has 0 aliphatic rings. The largest absolute Gasteiger partial charge is 0.397 e. The van der Waals surface area contributed by atoms with Crippen molar-refractivity contribution >= 4 is 27.8 Å². The monoisotopic (exact) mass is 293 g/mol. The van der Waals surface area contributed by atoms with E-state index in [1.807, 2.05) is 18.2 Å². The summed E-state index contributed by atoms with van der Waals surface area (Å²) >= 11 is 0. The fraction of sp³-hybridized carbons (Fsp3) is 0. The van der Waals surface area contributed by atoms with Gasteiger partial charge in [-0.15, -0.1) is 0 Å². The van der Waals surface area contributed by atoms with Gasteiger partial charge < -0.3 is 5.73 Å². The number of fused-ring (bicyclic) bond motifs is 2. The topological polar surface area (TPSA) is 77.6 Å². The zero-order valence-electron chi connectivity index (χ0n) is 11.5. The Kier molecular flexibility index (Phi) is 3.82. The van der Waals surface area contributed by atoms with E-state index >= 15 is 0 Å². The Balaban J connectivity index is 0.000000131. The van der Waals surface area contributed by atoms with E-state index in [1.165, 1.54) is 12.3 Å². The summed E-state index contributed by atoms with van der Waals surface area (Å²) in [7, 11) is 0. The summed E-state index contributed by atoms with van der Waals surface area (Å²) in [5.41, 5.74) is 9.19. The number of nitrogen functional groups attached to an aromatic ring is 1. The molecule has 0 aliphatic heterocycles. The second kappa shape index (κ2) is 6.09. The first-order valence-corrected chi connectivity index (χ1v) is 6.55. The molecule has 0 spiro atoms. The molecule has 0 unspecified atom stereocenters. The minimum Gasteiger partial charge on any atom is -0.397 e. The molecule has 0 atom stereocenters. The lowest BCUT2D eigenvalue weighted by molar-refractivity contribution is 0.624. The molecular weight excluding hydrogens is 281 g/mol. The molecule has 0 aliphatic carbocycles. The van der Waals surface area contributed by atoms with Crippen molar-refractivity contribution in [2.24, 2.45) is 0 Å². The van der Waals surface area contributed by atoms with Crippen molar-refractivity contribution in [3.63, 3.8) is 0 Å². The van der Waals surface area contributed by atoms with Crippen LogP contribution in [0.1, 0.15) is 0 Å². The summed E-state index contributed by atoms with van der Waals surface area (Å²) < 4.78 is 12.5. The van der Waals surface area contributed by atoms with E-state index in [2.05, 4.69) is 19.9 Å². The predicted octanol–water partition coefficient (Wildman–Crippen LogP) is 2.98. The van der Waals surface area contributed by atoms with Gasteiger partial charge in [0.1, 0.15) is 5.82 Å². The highest BCUT2D eigenvalue weighted by molar-refractivity contribution is 5.76. The van der Waals surface area contributed by atoms with Crippen LogP contribution in [-0.4, -0.2) is 19.9 Å². The first kappa shape index (κ1) is 13.8. The highest BCUT2D eigenvalue weighted by Crippen LogP contribution is 2.10. The van der Waals surface area contributed by atoms with Crippen molar-refractivity contribution in [2.75, 3.05) is 5.73 Å². The van der Waals surface area contributed by atoms with Gasteiger partial charge in [0.15, 0.2) is 0 Å². The van der Waals surface area contributed by atoms with Gasteiger partial charge in [-0.2, -0.15) is 0 Å². The van der Waals surface area contributed by atoms with Crippen LogP contribution in [0.25, 0.3) is 22.1 Å². The van der Waals surface area contributed by atoms with Gasteiger partial charge in [0.25, 0.3) is 0 Å². The highest BCUT2D eigenvalue weighted by atomic mass is 19.1. The number of halogens is 1. The van der Waals surface area contributed by atoms with Gasteiger partial charge >= 0.3 is 0 Å². The van der Waals surface area contributed by atoms with Crippen molar-refractivity contribution in [3.05, 3.63) is 67.0 Å². The van der Waals surface area contributed by atoms with Crippen LogP contribution in [0.2, 0.25) is 0 Å². The lowest BCUT2D eigenvalue weighted by atomic mass is 10.3. The number of nitrogens with two attached hydrogens (primary N) is 1. The SMILES string of the molecule is Fc1cnc2cccnc2c1.Nc1cnc2cccnc2c1. The minimum atomic E-state index is -0.351.